The van der Waals surface area contributed by atoms with Gasteiger partial charge in [0.25, 0.3) is 0 Å². The van der Waals surface area contributed by atoms with Crippen LogP contribution in [0.3, 0.4) is 0 Å². The SMILES string of the molecule is COC(=O)c1cccc(C(C)c2nc3cc(F)ccc3s2)c1. The molecule has 0 aliphatic rings. The van der Waals surface area contributed by atoms with Gasteiger partial charge < -0.3 is 4.74 Å². The highest BCUT2D eigenvalue weighted by Crippen LogP contribution is 2.32. The van der Waals surface area contributed by atoms with E-state index >= 15 is 0 Å². The van der Waals surface area contributed by atoms with Crippen molar-refractivity contribution < 1.29 is 13.9 Å². The molecule has 1 unspecified atom stereocenters. The van der Waals surface area contributed by atoms with Crippen LogP contribution in [0.25, 0.3) is 10.2 Å². The average molecular weight is 315 g/mol. The molecule has 0 aliphatic carbocycles. The molecule has 112 valence electrons. The summed E-state index contributed by atoms with van der Waals surface area (Å²) in [5.74, 6) is -0.629. The van der Waals surface area contributed by atoms with Gasteiger partial charge >= 0.3 is 5.97 Å². The minimum absolute atomic E-state index is 0.0186. The van der Waals surface area contributed by atoms with E-state index in [1.165, 1.54) is 30.6 Å². The first-order valence-corrected chi connectivity index (χ1v) is 7.64. The maximum atomic E-state index is 13.3. The highest BCUT2D eigenvalue weighted by Gasteiger charge is 2.16. The Labute approximate surface area is 131 Å². The van der Waals surface area contributed by atoms with Crippen molar-refractivity contribution >= 4 is 27.5 Å². The van der Waals surface area contributed by atoms with E-state index in [9.17, 15) is 9.18 Å². The van der Waals surface area contributed by atoms with Crippen LogP contribution in [0.2, 0.25) is 0 Å². The molecule has 3 nitrogen and oxygen atoms in total. The van der Waals surface area contributed by atoms with Crippen LogP contribution in [0.4, 0.5) is 4.39 Å². The molecule has 0 bridgehead atoms. The third kappa shape index (κ3) is 2.72. The summed E-state index contributed by atoms with van der Waals surface area (Å²) < 4.78 is 19.0. The number of hydrogen-bond donors (Lipinski definition) is 0. The van der Waals surface area contributed by atoms with Crippen molar-refractivity contribution in [2.45, 2.75) is 12.8 Å². The number of rotatable bonds is 3. The summed E-state index contributed by atoms with van der Waals surface area (Å²) in [6.45, 7) is 2.02. The molecular formula is C17H14FNO2S. The van der Waals surface area contributed by atoms with Gasteiger partial charge in [-0.2, -0.15) is 0 Å². The molecule has 0 N–H and O–H groups in total. The number of ether oxygens (including phenoxy) is 1. The minimum atomic E-state index is -0.361. The summed E-state index contributed by atoms with van der Waals surface area (Å²) in [6, 6.07) is 11.9. The van der Waals surface area contributed by atoms with E-state index in [1.807, 2.05) is 25.1 Å². The fraction of sp³-hybridized carbons (Fsp3) is 0.176. The highest BCUT2D eigenvalue weighted by molar-refractivity contribution is 7.18. The molecule has 3 rings (SSSR count). The van der Waals surface area contributed by atoms with E-state index < -0.39 is 0 Å². The van der Waals surface area contributed by atoms with Crippen molar-refractivity contribution in [2.75, 3.05) is 7.11 Å². The number of methoxy groups -OCH3 is 1. The van der Waals surface area contributed by atoms with E-state index in [0.29, 0.717) is 11.1 Å². The average Bonchev–Trinajstić information content (AvgIpc) is 2.96. The van der Waals surface area contributed by atoms with Crippen molar-refractivity contribution in [2.24, 2.45) is 0 Å². The molecule has 0 saturated carbocycles. The number of thiazole rings is 1. The van der Waals surface area contributed by atoms with E-state index in [1.54, 1.807) is 12.1 Å². The molecule has 0 amide bonds. The summed E-state index contributed by atoms with van der Waals surface area (Å²) in [5.41, 5.74) is 2.15. The summed E-state index contributed by atoms with van der Waals surface area (Å²) in [4.78, 5) is 16.1. The summed E-state index contributed by atoms with van der Waals surface area (Å²) in [6.07, 6.45) is 0. The molecular weight excluding hydrogens is 301 g/mol. The number of aromatic nitrogens is 1. The standard InChI is InChI=1S/C17H14FNO2S/c1-10(11-4-3-5-12(8-11)17(20)21-2)16-19-14-9-13(18)6-7-15(14)22-16/h3-10H,1-2H3. The van der Waals surface area contributed by atoms with Crippen LogP contribution in [0, 0.1) is 5.82 Å². The van der Waals surface area contributed by atoms with Gasteiger partial charge in [0.2, 0.25) is 0 Å². The number of nitrogens with zero attached hydrogens (tertiary/aromatic N) is 1. The highest BCUT2D eigenvalue weighted by atomic mass is 32.1. The summed E-state index contributed by atoms with van der Waals surface area (Å²) in [7, 11) is 1.36. The second kappa shape index (κ2) is 5.85. The van der Waals surface area contributed by atoms with Crippen molar-refractivity contribution in [1.82, 2.24) is 4.98 Å². The molecule has 22 heavy (non-hydrogen) atoms. The maximum Gasteiger partial charge on any atom is 0.337 e. The number of halogens is 1. The number of fused-ring (bicyclic) bond motifs is 1. The molecule has 5 heteroatoms. The van der Waals surface area contributed by atoms with Gasteiger partial charge in [-0.3, -0.25) is 0 Å². The van der Waals surface area contributed by atoms with Crippen LogP contribution < -0.4 is 0 Å². The number of carbonyl (C=O) groups excluding carboxylic acids is 1. The first kappa shape index (κ1) is 14.7. The number of carbonyl (C=O) groups is 1. The molecule has 0 spiro atoms. The van der Waals surface area contributed by atoms with E-state index in [-0.39, 0.29) is 17.7 Å². The first-order chi connectivity index (χ1) is 10.6. The van der Waals surface area contributed by atoms with Gasteiger partial charge in [-0.1, -0.05) is 19.1 Å². The molecule has 3 aromatic rings. The minimum Gasteiger partial charge on any atom is -0.465 e. The number of benzene rings is 2. The van der Waals surface area contributed by atoms with Gasteiger partial charge in [-0.05, 0) is 29.8 Å². The molecule has 0 radical (unpaired) electrons. The zero-order valence-corrected chi connectivity index (χ0v) is 13.0. The largest absolute Gasteiger partial charge is 0.465 e. The second-order valence-corrected chi connectivity index (χ2v) is 6.07. The van der Waals surface area contributed by atoms with Crippen molar-refractivity contribution in [1.29, 1.82) is 0 Å². The van der Waals surface area contributed by atoms with Crippen LogP contribution in [-0.4, -0.2) is 18.1 Å². The molecule has 0 saturated heterocycles. The lowest BCUT2D eigenvalue weighted by Gasteiger charge is -2.09. The third-order valence-electron chi connectivity index (χ3n) is 3.54. The lowest BCUT2D eigenvalue weighted by molar-refractivity contribution is 0.0600. The lowest BCUT2D eigenvalue weighted by Crippen LogP contribution is -2.03. The van der Waals surface area contributed by atoms with Crippen LogP contribution >= 0.6 is 11.3 Å². The number of esters is 1. The lowest BCUT2D eigenvalue weighted by atomic mass is 9.99. The van der Waals surface area contributed by atoms with Crippen molar-refractivity contribution in [3.63, 3.8) is 0 Å². The Morgan fingerprint density at radius 2 is 2.09 bits per heavy atom. The van der Waals surface area contributed by atoms with Crippen LogP contribution in [0.15, 0.2) is 42.5 Å². The van der Waals surface area contributed by atoms with Crippen LogP contribution in [0.5, 0.6) is 0 Å². The molecule has 1 heterocycles. The Balaban J connectivity index is 1.98. The topological polar surface area (TPSA) is 39.2 Å². The third-order valence-corrected chi connectivity index (χ3v) is 4.76. The van der Waals surface area contributed by atoms with Gasteiger partial charge in [0.1, 0.15) is 10.8 Å². The smallest absolute Gasteiger partial charge is 0.337 e. The van der Waals surface area contributed by atoms with E-state index in [4.69, 9.17) is 4.74 Å². The predicted octanol–water partition coefficient (Wildman–Crippen LogP) is 4.37. The van der Waals surface area contributed by atoms with Crippen LogP contribution in [0.1, 0.15) is 33.8 Å². The Bertz CT molecular complexity index is 844. The van der Waals surface area contributed by atoms with E-state index in [0.717, 1.165) is 15.3 Å². The quantitative estimate of drug-likeness (QED) is 0.674. The maximum absolute atomic E-state index is 13.3. The molecule has 1 aromatic heterocycles. The Morgan fingerprint density at radius 3 is 2.86 bits per heavy atom. The van der Waals surface area contributed by atoms with Crippen molar-refractivity contribution in [3.05, 3.63) is 64.4 Å². The van der Waals surface area contributed by atoms with E-state index in [2.05, 4.69) is 4.98 Å². The first-order valence-electron chi connectivity index (χ1n) is 6.83. The summed E-state index contributed by atoms with van der Waals surface area (Å²) in [5, 5.41) is 0.891. The van der Waals surface area contributed by atoms with Crippen molar-refractivity contribution in [3.8, 4) is 0 Å². The van der Waals surface area contributed by atoms with Gasteiger partial charge in [0.05, 0.1) is 22.9 Å². The normalized spacial score (nSPS) is 12.3. The fourth-order valence-electron chi connectivity index (χ4n) is 2.30. The van der Waals surface area contributed by atoms with Gasteiger partial charge in [0.15, 0.2) is 0 Å². The molecule has 2 aromatic carbocycles. The number of hydrogen-bond acceptors (Lipinski definition) is 4. The van der Waals surface area contributed by atoms with Gasteiger partial charge in [0, 0.05) is 12.0 Å². The molecule has 0 fully saturated rings. The zero-order chi connectivity index (χ0) is 15.7. The second-order valence-electron chi connectivity index (χ2n) is 5.00. The zero-order valence-electron chi connectivity index (χ0n) is 12.2. The Morgan fingerprint density at radius 1 is 1.27 bits per heavy atom. The summed E-state index contributed by atoms with van der Waals surface area (Å²) >= 11 is 1.53. The monoisotopic (exact) mass is 315 g/mol. The Kier molecular flexibility index (Phi) is 3.90. The fourth-order valence-corrected chi connectivity index (χ4v) is 3.33. The van der Waals surface area contributed by atoms with Gasteiger partial charge in [-0.15, -0.1) is 11.3 Å². The van der Waals surface area contributed by atoms with Gasteiger partial charge in [-0.25, -0.2) is 14.2 Å². The molecule has 1 atom stereocenters. The predicted molar refractivity (Wildman–Crippen MR) is 84.9 cm³/mol. The Hall–Kier alpha value is -2.27. The van der Waals surface area contributed by atoms with Crippen LogP contribution in [-0.2, 0) is 4.74 Å². The molecule has 0 aliphatic heterocycles.